The van der Waals surface area contributed by atoms with Gasteiger partial charge in [0.25, 0.3) is 10.0 Å². The first-order valence-corrected chi connectivity index (χ1v) is 9.68. The van der Waals surface area contributed by atoms with Crippen molar-refractivity contribution in [1.82, 2.24) is 4.72 Å². The topological polar surface area (TPSA) is 143 Å². The molecular formula is C17H23N3O6S. The molecule has 0 unspecified atom stereocenters. The second-order valence-electron chi connectivity index (χ2n) is 6.37. The lowest BCUT2D eigenvalue weighted by atomic mass is 9.99. The highest BCUT2D eigenvalue weighted by Gasteiger charge is 2.40. The molecule has 27 heavy (non-hydrogen) atoms. The van der Waals surface area contributed by atoms with Gasteiger partial charge in [-0.05, 0) is 23.8 Å². The molecule has 9 nitrogen and oxygen atoms in total. The molecule has 2 rings (SSSR count). The molecule has 0 amide bonds. The number of aliphatic hydroxyl groups excluding tert-OH is 3. The van der Waals surface area contributed by atoms with Crippen molar-refractivity contribution in [2.45, 2.75) is 24.4 Å². The van der Waals surface area contributed by atoms with Gasteiger partial charge >= 0.3 is 0 Å². The quantitative estimate of drug-likeness (QED) is 0.449. The number of benzene rings is 1. The average molecular weight is 397 g/mol. The van der Waals surface area contributed by atoms with E-state index in [1.807, 2.05) is 19.0 Å². The number of hydrogen-bond donors (Lipinski definition) is 4. The van der Waals surface area contributed by atoms with Gasteiger partial charge in [0.05, 0.1) is 19.3 Å². The molecule has 0 saturated carbocycles. The minimum Gasteiger partial charge on any atom is -0.394 e. The molecule has 0 radical (unpaired) electrons. The average Bonchev–Trinajstić information content (AvgIpc) is 2.63. The number of nitrogens with zero attached hydrogens (tertiary/aromatic N) is 2. The first-order valence-electron chi connectivity index (χ1n) is 8.19. The Morgan fingerprint density at radius 1 is 1.33 bits per heavy atom. The summed E-state index contributed by atoms with van der Waals surface area (Å²) in [7, 11) is -0.515. The Balaban J connectivity index is 2.19. The summed E-state index contributed by atoms with van der Waals surface area (Å²) in [4.78, 5) is 1.35. The van der Waals surface area contributed by atoms with Crippen LogP contribution in [0.3, 0.4) is 0 Å². The van der Waals surface area contributed by atoms with E-state index < -0.39 is 45.9 Å². The van der Waals surface area contributed by atoms with E-state index >= 15 is 0 Å². The van der Waals surface area contributed by atoms with Crippen molar-refractivity contribution in [3.8, 4) is 6.07 Å². The molecule has 4 atom stereocenters. The van der Waals surface area contributed by atoms with Crippen molar-refractivity contribution in [2.24, 2.45) is 0 Å². The molecule has 1 aromatic carbocycles. The van der Waals surface area contributed by atoms with Gasteiger partial charge in [-0.15, -0.1) is 0 Å². The second-order valence-corrected chi connectivity index (χ2v) is 8.05. The number of allylic oxidation sites excluding steroid dienone is 1. The summed E-state index contributed by atoms with van der Waals surface area (Å²) in [6.45, 7) is -0.761. The Hall–Kier alpha value is -2.00. The number of sulfonamides is 1. The van der Waals surface area contributed by atoms with Crippen LogP contribution in [-0.4, -0.2) is 75.4 Å². The van der Waals surface area contributed by atoms with Gasteiger partial charge in [-0.2, -0.15) is 5.26 Å². The van der Waals surface area contributed by atoms with E-state index in [4.69, 9.17) is 9.84 Å². The SMILES string of the molecule is CN(C)c1ccc(/C=C(\C#N)S(=O)(=O)N[C@H]2CO[C@H](CO)[C@@H](O)[C@@H]2O)cc1. The first kappa shape index (κ1) is 21.3. The predicted octanol–water partition coefficient (Wildman–Crippen LogP) is -0.982. The third kappa shape index (κ3) is 5.04. The fraction of sp³-hybridized carbons (Fsp3) is 0.471. The van der Waals surface area contributed by atoms with Crippen LogP contribution in [-0.2, 0) is 14.8 Å². The van der Waals surface area contributed by atoms with E-state index in [1.165, 1.54) is 6.08 Å². The summed E-state index contributed by atoms with van der Waals surface area (Å²) in [6, 6.07) is 7.41. The van der Waals surface area contributed by atoms with Crippen molar-refractivity contribution in [3.63, 3.8) is 0 Å². The van der Waals surface area contributed by atoms with Gasteiger partial charge in [-0.1, -0.05) is 12.1 Å². The molecule has 1 aliphatic rings. The van der Waals surface area contributed by atoms with Crippen LogP contribution in [0.25, 0.3) is 6.08 Å². The fourth-order valence-electron chi connectivity index (χ4n) is 2.60. The van der Waals surface area contributed by atoms with Crippen LogP contribution < -0.4 is 9.62 Å². The lowest BCUT2D eigenvalue weighted by molar-refractivity contribution is -0.158. The highest BCUT2D eigenvalue weighted by Crippen LogP contribution is 2.19. The van der Waals surface area contributed by atoms with Crippen molar-refractivity contribution in [3.05, 3.63) is 34.7 Å². The molecule has 0 bridgehead atoms. The van der Waals surface area contributed by atoms with E-state index in [9.17, 15) is 23.9 Å². The normalized spacial score (nSPS) is 26.4. The molecule has 0 spiro atoms. The highest BCUT2D eigenvalue weighted by atomic mass is 32.2. The zero-order chi connectivity index (χ0) is 20.2. The molecule has 1 saturated heterocycles. The highest BCUT2D eigenvalue weighted by molar-refractivity contribution is 7.93. The van der Waals surface area contributed by atoms with E-state index in [2.05, 4.69) is 4.72 Å². The second kappa shape index (κ2) is 8.79. The molecule has 148 valence electrons. The molecule has 1 fully saturated rings. The van der Waals surface area contributed by atoms with Crippen LogP contribution in [0.4, 0.5) is 5.69 Å². The largest absolute Gasteiger partial charge is 0.394 e. The Labute approximate surface area is 158 Å². The van der Waals surface area contributed by atoms with Crippen molar-refractivity contribution >= 4 is 21.8 Å². The van der Waals surface area contributed by atoms with E-state index in [-0.39, 0.29) is 6.61 Å². The van der Waals surface area contributed by atoms with Gasteiger partial charge < -0.3 is 25.0 Å². The maximum absolute atomic E-state index is 12.5. The van der Waals surface area contributed by atoms with Crippen LogP contribution in [0, 0.1) is 11.3 Å². The predicted molar refractivity (Wildman–Crippen MR) is 99.0 cm³/mol. The van der Waals surface area contributed by atoms with Gasteiger partial charge in [-0.25, -0.2) is 13.1 Å². The molecule has 4 N–H and O–H groups in total. The Kier molecular flexibility index (Phi) is 6.94. The summed E-state index contributed by atoms with van der Waals surface area (Å²) < 4.78 is 32.3. The minimum absolute atomic E-state index is 0.251. The summed E-state index contributed by atoms with van der Waals surface area (Å²) in [5, 5.41) is 38.2. The zero-order valence-corrected chi connectivity index (χ0v) is 15.8. The molecule has 1 aliphatic heterocycles. The summed E-state index contributed by atoms with van der Waals surface area (Å²) in [5.74, 6) is 0. The standard InChI is InChI=1S/C17H23N3O6S/c1-20(2)12-5-3-11(4-6-12)7-13(8-18)27(24,25)19-14-10-26-15(9-21)17(23)16(14)22/h3-7,14-17,19,21-23H,9-10H2,1-2H3/b13-7+/t14-,15+,16+,17+/m0/s1. The van der Waals surface area contributed by atoms with Gasteiger partial charge in [-0.3, -0.25) is 0 Å². The molecule has 1 aromatic rings. The number of nitrogens with one attached hydrogen (secondary N) is 1. The number of anilines is 1. The number of hydrogen-bond acceptors (Lipinski definition) is 8. The monoisotopic (exact) mass is 397 g/mol. The third-order valence-electron chi connectivity index (χ3n) is 4.23. The number of ether oxygens (including phenoxy) is 1. The van der Waals surface area contributed by atoms with Crippen LogP contribution in [0.15, 0.2) is 29.2 Å². The zero-order valence-electron chi connectivity index (χ0n) is 15.0. The maximum Gasteiger partial charge on any atom is 0.251 e. The van der Waals surface area contributed by atoms with Gasteiger partial charge in [0, 0.05) is 19.8 Å². The number of nitriles is 1. The Morgan fingerprint density at radius 3 is 2.48 bits per heavy atom. The Morgan fingerprint density at radius 2 is 1.96 bits per heavy atom. The van der Waals surface area contributed by atoms with E-state index in [0.717, 1.165) is 5.69 Å². The maximum atomic E-state index is 12.5. The minimum atomic E-state index is -4.25. The van der Waals surface area contributed by atoms with Gasteiger partial charge in [0.2, 0.25) is 0 Å². The van der Waals surface area contributed by atoms with Crippen molar-refractivity contribution in [2.75, 3.05) is 32.2 Å². The van der Waals surface area contributed by atoms with E-state index in [0.29, 0.717) is 5.56 Å². The molecule has 0 aliphatic carbocycles. The van der Waals surface area contributed by atoms with Crippen LogP contribution in [0.5, 0.6) is 0 Å². The van der Waals surface area contributed by atoms with Crippen molar-refractivity contribution in [1.29, 1.82) is 5.26 Å². The summed E-state index contributed by atoms with van der Waals surface area (Å²) in [5.41, 5.74) is 1.44. The first-order chi connectivity index (χ1) is 12.7. The molecule has 10 heteroatoms. The van der Waals surface area contributed by atoms with Crippen LogP contribution in [0.2, 0.25) is 0 Å². The van der Waals surface area contributed by atoms with Crippen LogP contribution >= 0.6 is 0 Å². The lowest BCUT2D eigenvalue weighted by Gasteiger charge is -2.36. The lowest BCUT2D eigenvalue weighted by Crippen LogP contribution is -2.59. The summed E-state index contributed by atoms with van der Waals surface area (Å²) >= 11 is 0. The van der Waals surface area contributed by atoms with Gasteiger partial charge in [0.15, 0.2) is 4.91 Å². The number of aliphatic hydroxyl groups is 3. The third-order valence-corrected chi connectivity index (χ3v) is 5.63. The number of rotatable bonds is 6. The van der Waals surface area contributed by atoms with Crippen LogP contribution in [0.1, 0.15) is 5.56 Å². The van der Waals surface area contributed by atoms with Crippen molar-refractivity contribution < 1.29 is 28.5 Å². The fourth-order valence-corrected chi connectivity index (χ4v) is 3.74. The Bertz CT molecular complexity index is 816. The van der Waals surface area contributed by atoms with E-state index in [1.54, 1.807) is 30.3 Å². The molecule has 1 heterocycles. The molecular weight excluding hydrogens is 374 g/mol. The molecule has 0 aromatic heterocycles. The smallest absolute Gasteiger partial charge is 0.251 e. The van der Waals surface area contributed by atoms with Gasteiger partial charge in [0.1, 0.15) is 24.4 Å². The summed E-state index contributed by atoms with van der Waals surface area (Å²) in [6.07, 6.45) is -2.72.